The molecule has 0 aromatic heterocycles. The molecule has 3 heteroatoms. The quantitative estimate of drug-likeness (QED) is 0.808. The number of methoxy groups -OCH3 is 1. The minimum absolute atomic E-state index is 0.318. The maximum Gasteiger partial charge on any atom is 0.115 e. The van der Waals surface area contributed by atoms with Crippen molar-refractivity contribution in [3.63, 3.8) is 0 Å². The van der Waals surface area contributed by atoms with Gasteiger partial charge in [-0.15, -0.1) is 0 Å². The number of aromatic hydroxyl groups is 1. The standard InChI is InChI=1S/C15H25NO2/c1-12(2)11-16(9-10-18-4)13(3)14-5-7-15(17)8-6-14/h5-8,12-13,17H,9-11H2,1-4H3. The number of phenolic OH excluding ortho intramolecular Hbond substituents is 1. The van der Waals surface area contributed by atoms with Gasteiger partial charge in [-0.2, -0.15) is 0 Å². The molecule has 0 spiro atoms. The highest BCUT2D eigenvalue weighted by atomic mass is 16.5. The molecule has 18 heavy (non-hydrogen) atoms. The van der Waals surface area contributed by atoms with E-state index in [0.717, 1.165) is 19.7 Å². The van der Waals surface area contributed by atoms with Crippen LogP contribution in [0.3, 0.4) is 0 Å². The fourth-order valence-electron chi connectivity index (χ4n) is 2.08. The third-order valence-corrected chi connectivity index (χ3v) is 3.11. The molecule has 1 atom stereocenters. The Morgan fingerprint density at radius 3 is 2.28 bits per heavy atom. The van der Waals surface area contributed by atoms with E-state index in [9.17, 15) is 5.11 Å². The lowest BCUT2D eigenvalue weighted by Crippen LogP contribution is -2.33. The van der Waals surface area contributed by atoms with Crippen molar-refractivity contribution in [1.82, 2.24) is 4.90 Å². The molecule has 1 unspecified atom stereocenters. The van der Waals surface area contributed by atoms with Crippen molar-refractivity contribution < 1.29 is 9.84 Å². The first-order valence-electron chi connectivity index (χ1n) is 6.56. The number of hydrogen-bond acceptors (Lipinski definition) is 3. The summed E-state index contributed by atoms with van der Waals surface area (Å²) in [5.41, 5.74) is 1.23. The van der Waals surface area contributed by atoms with Gasteiger partial charge in [0.1, 0.15) is 5.75 Å². The molecule has 1 aromatic rings. The third kappa shape index (κ3) is 4.67. The second-order valence-electron chi connectivity index (χ2n) is 5.15. The molecular weight excluding hydrogens is 226 g/mol. The van der Waals surface area contributed by atoms with Crippen molar-refractivity contribution >= 4 is 0 Å². The number of nitrogens with zero attached hydrogens (tertiary/aromatic N) is 1. The fraction of sp³-hybridized carbons (Fsp3) is 0.600. The van der Waals surface area contributed by atoms with E-state index < -0.39 is 0 Å². The van der Waals surface area contributed by atoms with Gasteiger partial charge in [-0.05, 0) is 30.5 Å². The zero-order valence-electron chi connectivity index (χ0n) is 11.9. The first-order chi connectivity index (χ1) is 8.54. The predicted molar refractivity (Wildman–Crippen MR) is 74.8 cm³/mol. The summed E-state index contributed by atoms with van der Waals surface area (Å²) in [5.74, 6) is 0.944. The van der Waals surface area contributed by atoms with Gasteiger partial charge < -0.3 is 9.84 Å². The van der Waals surface area contributed by atoms with Crippen LogP contribution in [0.5, 0.6) is 5.75 Å². The third-order valence-electron chi connectivity index (χ3n) is 3.11. The highest BCUT2D eigenvalue weighted by molar-refractivity contribution is 5.27. The molecule has 0 fully saturated rings. The highest BCUT2D eigenvalue weighted by Gasteiger charge is 2.16. The number of hydrogen-bond donors (Lipinski definition) is 1. The summed E-state index contributed by atoms with van der Waals surface area (Å²) < 4.78 is 5.18. The molecule has 1 rings (SSSR count). The number of phenols is 1. The van der Waals surface area contributed by atoms with Gasteiger partial charge in [-0.25, -0.2) is 0 Å². The Morgan fingerprint density at radius 1 is 1.17 bits per heavy atom. The van der Waals surface area contributed by atoms with Gasteiger partial charge in [0.2, 0.25) is 0 Å². The van der Waals surface area contributed by atoms with E-state index in [1.54, 1.807) is 19.2 Å². The summed E-state index contributed by atoms with van der Waals surface area (Å²) in [6, 6.07) is 7.80. The number of rotatable bonds is 7. The molecule has 0 radical (unpaired) electrons. The minimum Gasteiger partial charge on any atom is -0.508 e. The van der Waals surface area contributed by atoms with Crippen molar-refractivity contribution in [2.45, 2.75) is 26.8 Å². The Hall–Kier alpha value is -1.06. The molecule has 0 bridgehead atoms. The Bertz CT molecular complexity index is 335. The summed E-state index contributed by atoms with van der Waals surface area (Å²) in [4.78, 5) is 2.42. The molecular formula is C15H25NO2. The topological polar surface area (TPSA) is 32.7 Å². The van der Waals surface area contributed by atoms with E-state index >= 15 is 0 Å². The van der Waals surface area contributed by atoms with Crippen molar-refractivity contribution in [3.8, 4) is 5.75 Å². The second kappa shape index (κ2) is 7.39. The first kappa shape index (κ1) is 15.0. The number of benzene rings is 1. The van der Waals surface area contributed by atoms with Crippen LogP contribution in [-0.2, 0) is 4.74 Å². The monoisotopic (exact) mass is 251 g/mol. The lowest BCUT2D eigenvalue weighted by atomic mass is 10.1. The Morgan fingerprint density at radius 2 is 1.78 bits per heavy atom. The first-order valence-corrected chi connectivity index (χ1v) is 6.56. The van der Waals surface area contributed by atoms with E-state index in [1.165, 1.54) is 5.56 Å². The molecule has 0 amide bonds. The van der Waals surface area contributed by atoms with Gasteiger partial charge in [0.15, 0.2) is 0 Å². The molecule has 3 nitrogen and oxygen atoms in total. The lowest BCUT2D eigenvalue weighted by molar-refractivity contribution is 0.115. The van der Waals surface area contributed by atoms with E-state index in [2.05, 4.69) is 25.7 Å². The molecule has 0 heterocycles. The molecule has 0 saturated carbocycles. The average Bonchev–Trinajstić information content (AvgIpc) is 2.34. The summed E-state index contributed by atoms with van der Waals surface area (Å²) in [7, 11) is 1.73. The largest absolute Gasteiger partial charge is 0.508 e. The average molecular weight is 251 g/mol. The van der Waals surface area contributed by atoms with Crippen LogP contribution in [0.15, 0.2) is 24.3 Å². The van der Waals surface area contributed by atoms with Crippen molar-refractivity contribution in [2.24, 2.45) is 5.92 Å². The number of ether oxygens (including phenoxy) is 1. The predicted octanol–water partition coefficient (Wildman–Crippen LogP) is 3.06. The van der Waals surface area contributed by atoms with Gasteiger partial charge in [-0.1, -0.05) is 26.0 Å². The maximum atomic E-state index is 9.33. The van der Waals surface area contributed by atoms with Crippen LogP contribution in [0.1, 0.15) is 32.4 Å². The van der Waals surface area contributed by atoms with Crippen LogP contribution in [0, 0.1) is 5.92 Å². The van der Waals surface area contributed by atoms with E-state index in [-0.39, 0.29) is 0 Å². The van der Waals surface area contributed by atoms with E-state index in [1.807, 2.05) is 12.1 Å². The summed E-state index contributed by atoms with van der Waals surface area (Å²) >= 11 is 0. The van der Waals surface area contributed by atoms with Crippen molar-refractivity contribution in [1.29, 1.82) is 0 Å². The molecule has 0 aliphatic carbocycles. The zero-order valence-corrected chi connectivity index (χ0v) is 11.9. The normalized spacial score (nSPS) is 13.2. The van der Waals surface area contributed by atoms with Gasteiger partial charge in [0, 0.05) is 26.2 Å². The summed E-state index contributed by atoms with van der Waals surface area (Å²) in [6.07, 6.45) is 0. The second-order valence-corrected chi connectivity index (χ2v) is 5.15. The van der Waals surface area contributed by atoms with Crippen LogP contribution in [0.25, 0.3) is 0 Å². The molecule has 0 aliphatic heterocycles. The summed E-state index contributed by atoms with van der Waals surface area (Å²) in [6.45, 7) is 9.37. The van der Waals surface area contributed by atoms with Crippen LogP contribution < -0.4 is 0 Å². The minimum atomic E-state index is 0.318. The SMILES string of the molecule is COCCN(CC(C)C)C(C)c1ccc(O)cc1. The molecule has 0 aliphatic rings. The molecule has 1 N–H and O–H groups in total. The van der Waals surface area contributed by atoms with Gasteiger partial charge in [0.05, 0.1) is 6.61 Å². The van der Waals surface area contributed by atoms with E-state index in [4.69, 9.17) is 4.74 Å². The smallest absolute Gasteiger partial charge is 0.115 e. The summed E-state index contributed by atoms with van der Waals surface area (Å²) in [5, 5.41) is 9.33. The van der Waals surface area contributed by atoms with Crippen molar-refractivity contribution in [3.05, 3.63) is 29.8 Å². The molecule has 102 valence electrons. The van der Waals surface area contributed by atoms with Crippen molar-refractivity contribution in [2.75, 3.05) is 26.8 Å². The maximum absolute atomic E-state index is 9.33. The van der Waals surface area contributed by atoms with Crippen LogP contribution in [0.2, 0.25) is 0 Å². The van der Waals surface area contributed by atoms with Gasteiger partial charge in [-0.3, -0.25) is 4.90 Å². The Kier molecular flexibility index (Phi) is 6.16. The fourth-order valence-corrected chi connectivity index (χ4v) is 2.08. The van der Waals surface area contributed by atoms with E-state index in [0.29, 0.717) is 17.7 Å². The van der Waals surface area contributed by atoms with Crippen LogP contribution in [-0.4, -0.2) is 36.8 Å². The molecule has 1 aromatic carbocycles. The highest BCUT2D eigenvalue weighted by Crippen LogP contribution is 2.22. The lowest BCUT2D eigenvalue weighted by Gasteiger charge is -2.30. The van der Waals surface area contributed by atoms with Crippen LogP contribution >= 0.6 is 0 Å². The van der Waals surface area contributed by atoms with Crippen LogP contribution in [0.4, 0.5) is 0 Å². The van der Waals surface area contributed by atoms with Gasteiger partial charge >= 0.3 is 0 Å². The molecule has 0 saturated heterocycles. The van der Waals surface area contributed by atoms with Gasteiger partial charge in [0.25, 0.3) is 0 Å². The Balaban J connectivity index is 2.73. The zero-order chi connectivity index (χ0) is 13.5. The Labute approximate surface area is 110 Å².